The van der Waals surface area contributed by atoms with Crippen LogP contribution >= 0.6 is 0 Å². The van der Waals surface area contributed by atoms with Crippen LogP contribution in [0.25, 0.3) is 0 Å². The smallest absolute Gasteiger partial charge is 0.186 e. The SMILES string of the molecule is CO[C@H]1O[C@H](COCc2ccccc2)[C@@H](OCc2ccccc2)[C@@H](OC[C@H]2O[C@H](OC)[C@H](OCc3ccccc3)[C@@H](OCc3ccccc3)[C@@H]2OCc2ccccc2)[C@@H]1O. The zero-order chi connectivity index (χ0) is 41.4. The van der Waals surface area contributed by atoms with Gasteiger partial charge in [-0.2, -0.15) is 0 Å². The number of rotatable bonds is 21. The van der Waals surface area contributed by atoms with Crippen LogP contribution < -0.4 is 0 Å². The molecule has 0 spiro atoms. The molecule has 2 heterocycles. The Balaban J connectivity index is 1.16. The number of aliphatic hydroxyl groups is 1. The lowest BCUT2D eigenvalue weighted by Gasteiger charge is -2.47. The molecule has 0 unspecified atom stereocenters. The van der Waals surface area contributed by atoms with E-state index in [1.807, 2.05) is 152 Å². The van der Waals surface area contributed by atoms with Crippen molar-refractivity contribution in [3.8, 4) is 0 Å². The van der Waals surface area contributed by atoms with Crippen molar-refractivity contribution in [1.82, 2.24) is 0 Å². The second-order valence-corrected chi connectivity index (χ2v) is 14.9. The number of methoxy groups -OCH3 is 2. The van der Waals surface area contributed by atoms with E-state index in [0.29, 0.717) is 19.8 Å². The molecule has 0 aromatic heterocycles. The first-order valence-corrected chi connectivity index (χ1v) is 20.5. The van der Waals surface area contributed by atoms with E-state index in [1.54, 1.807) is 7.11 Å². The highest BCUT2D eigenvalue weighted by Crippen LogP contribution is 2.33. The Morgan fingerprint density at radius 1 is 0.383 bits per heavy atom. The zero-order valence-corrected chi connectivity index (χ0v) is 34.2. The summed E-state index contributed by atoms with van der Waals surface area (Å²) in [5, 5.41) is 11.8. The summed E-state index contributed by atoms with van der Waals surface area (Å²) < 4.78 is 64.4. The van der Waals surface area contributed by atoms with Crippen molar-refractivity contribution in [2.45, 2.75) is 94.4 Å². The molecule has 318 valence electrons. The first kappa shape index (κ1) is 43.7. The van der Waals surface area contributed by atoms with E-state index in [1.165, 1.54) is 7.11 Å². The van der Waals surface area contributed by atoms with Gasteiger partial charge in [-0.15, -0.1) is 0 Å². The fourth-order valence-electron chi connectivity index (χ4n) is 7.53. The van der Waals surface area contributed by atoms with E-state index in [2.05, 4.69) is 0 Å². The van der Waals surface area contributed by atoms with Gasteiger partial charge in [0.25, 0.3) is 0 Å². The number of aliphatic hydroxyl groups excluding tert-OH is 1. The summed E-state index contributed by atoms with van der Waals surface area (Å²) in [6.07, 6.45) is -8.23. The Morgan fingerprint density at radius 3 is 1.17 bits per heavy atom. The predicted octanol–water partition coefficient (Wildman–Crippen LogP) is 7.03. The van der Waals surface area contributed by atoms with Gasteiger partial charge in [0, 0.05) is 14.2 Å². The largest absolute Gasteiger partial charge is 0.385 e. The molecular formula is C49H56O11. The number of hydrogen-bond donors (Lipinski definition) is 1. The molecule has 0 aliphatic carbocycles. The molecule has 10 atom stereocenters. The molecule has 5 aromatic carbocycles. The minimum absolute atomic E-state index is 0.0309. The third kappa shape index (κ3) is 12.2. The Kier molecular flexibility index (Phi) is 16.8. The average Bonchev–Trinajstić information content (AvgIpc) is 3.30. The van der Waals surface area contributed by atoms with Crippen LogP contribution in [-0.2, 0) is 80.4 Å². The molecule has 60 heavy (non-hydrogen) atoms. The van der Waals surface area contributed by atoms with Gasteiger partial charge in [-0.1, -0.05) is 152 Å². The molecule has 11 heteroatoms. The first-order valence-electron chi connectivity index (χ1n) is 20.5. The molecule has 7 rings (SSSR count). The van der Waals surface area contributed by atoms with Gasteiger partial charge < -0.3 is 52.5 Å². The maximum Gasteiger partial charge on any atom is 0.186 e. The van der Waals surface area contributed by atoms with E-state index in [-0.39, 0.29) is 26.4 Å². The van der Waals surface area contributed by atoms with Crippen molar-refractivity contribution in [2.24, 2.45) is 0 Å². The quantitative estimate of drug-likeness (QED) is 0.0824. The van der Waals surface area contributed by atoms with Gasteiger partial charge >= 0.3 is 0 Å². The highest BCUT2D eigenvalue weighted by molar-refractivity contribution is 5.17. The normalized spacial score (nSPS) is 26.8. The molecule has 5 aromatic rings. The highest BCUT2D eigenvalue weighted by atomic mass is 16.7. The van der Waals surface area contributed by atoms with Crippen LogP contribution in [0, 0.1) is 0 Å². The van der Waals surface area contributed by atoms with Crippen molar-refractivity contribution in [3.63, 3.8) is 0 Å². The second kappa shape index (κ2) is 23.0. The van der Waals surface area contributed by atoms with Gasteiger partial charge in [0.1, 0.15) is 48.8 Å². The molecule has 0 radical (unpaired) electrons. The molecule has 2 aliphatic heterocycles. The van der Waals surface area contributed by atoms with Crippen LogP contribution in [0.1, 0.15) is 27.8 Å². The predicted molar refractivity (Wildman–Crippen MR) is 223 cm³/mol. The summed E-state index contributed by atoms with van der Waals surface area (Å²) in [5.74, 6) is 0. The zero-order valence-electron chi connectivity index (χ0n) is 34.2. The topological polar surface area (TPSA) is 113 Å². The Labute approximate surface area is 353 Å². The van der Waals surface area contributed by atoms with Gasteiger partial charge in [-0.05, 0) is 27.8 Å². The lowest BCUT2D eigenvalue weighted by Crippen LogP contribution is -2.64. The molecule has 0 amide bonds. The third-order valence-electron chi connectivity index (χ3n) is 10.7. The van der Waals surface area contributed by atoms with E-state index in [4.69, 9.17) is 47.4 Å². The lowest BCUT2D eigenvalue weighted by atomic mass is 9.96. The molecule has 2 fully saturated rings. The summed E-state index contributed by atoms with van der Waals surface area (Å²) >= 11 is 0. The maximum absolute atomic E-state index is 11.8. The van der Waals surface area contributed by atoms with E-state index in [0.717, 1.165) is 27.8 Å². The highest BCUT2D eigenvalue weighted by Gasteiger charge is 2.51. The molecule has 2 saturated heterocycles. The van der Waals surface area contributed by atoms with Gasteiger partial charge in [0.15, 0.2) is 12.6 Å². The van der Waals surface area contributed by atoms with Crippen molar-refractivity contribution in [3.05, 3.63) is 179 Å². The molecule has 0 saturated carbocycles. The van der Waals surface area contributed by atoms with Crippen molar-refractivity contribution in [1.29, 1.82) is 0 Å². The van der Waals surface area contributed by atoms with Crippen LogP contribution in [0.5, 0.6) is 0 Å². The van der Waals surface area contributed by atoms with Crippen LogP contribution in [-0.4, -0.2) is 94.0 Å². The van der Waals surface area contributed by atoms with Gasteiger partial charge in [-0.3, -0.25) is 0 Å². The summed E-state index contributed by atoms with van der Waals surface area (Å²) in [7, 11) is 3.07. The van der Waals surface area contributed by atoms with Gasteiger partial charge in [0.2, 0.25) is 0 Å². The first-order chi connectivity index (χ1) is 29.6. The van der Waals surface area contributed by atoms with E-state index >= 15 is 0 Å². The Morgan fingerprint density at radius 2 is 0.733 bits per heavy atom. The van der Waals surface area contributed by atoms with Crippen molar-refractivity contribution >= 4 is 0 Å². The van der Waals surface area contributed by atoms with Crippen LogP contribution in [0.3, 0.4) is 0 Å². The Bertz CT molecular complexity index is 1910. The van der Waals surface area contributed by atoms with E-state index < -0.39 is 61.4 Å². The average molecular weight is 821 g/mol. The fourth-order valence-corrected chi connectivity index (χ4v) is 7.53. The number of benzene rings is 5. The summed E-state index contributed by atoms with van der Waals surface area (Å²) in [6, 6.07) is 49.6. The summed E-state index contributed by atoms with van der Waals surface area (Å²) in [5.41, 5.74) is 4.93. The third-order valence-corrected chi connectivity index (χ3v) is 10.7. The van der Waals surface area contributed by atoms with Crippen molar-refractivity contribution in [2.75, 3.05) is 27.4 Å². The van der Waals surface area contributed by atoms with Crippen molar-refractivity contribution < 1.29 is 52.5 Å². The summed E-state index contributed by atoms with van der Waals surface area (Å²) in [6.45, 7) is 1.60. The van der Waals surface area contributed by atoms with Gasteiger partial charge in [0.05, 0.1) is 46.2 Å². The molecule has 1 N–H and O–H groups in total. The van der Waals surface area contributed by atoms with Gasteiger partial charge in [-0.25, -0.2) is 0 Å². The summed E-state index contributed by atoms with van der Waals surface area (Å²) in [4.78, 5) is 0. The second-order valence-electron chi connectivity index (χ2n) is 14.9. The fraction of sp³-hybridized carbons (Fsp3) is 0.388. The van der Waals surface area contributed by atoms with E-state index in [9.17, 15) is 5.11 Å². The van der Waals surface area contributed by atoms with Crippen LogP contribution in [0.15, 0.2) is 152 Å². The minimum Gasteiger partial charge on any atom is -0.385 e. The number of hydrogen-bond acceptors (Lipinski definition) is 11. The minimum atomic E-state index is -1.22. The molecular weight excluding hydrogens is 765 g/mol. The lowest BCUT2D eigenvalue weighted by molar-refractivity contribution is -0.338. The van der Waals surface area contributed by atoms with Crippen LogP contribution in [0.4, 0.5) is 0 Å². The molecule has 2 aliphatic rings. The van der Waals surface area contributed by atoms with Crippen LogP contribution in [0.2, 0.25) is 0 Å². The Hall–Kier alpha value is -4.34. The standard InChI is InChI=1S/C49H56O11/c1-51-48-42(50)45(43(54-29-36-20-10-4-11-21-36)40(59-48)33-53-28-35-18-8-3-9-19-35)58-34-41-44(55-30-37-22-12-5-13-23-37)46(56-31-38-24-14-6-15-25-38)47(49(52-2)60-41)57-32-39-26-16-7-17-27-39/h3-27,40-50H,28-34H2,1-2H3/t40-,41-,42+,43-,44-,45+,46+,47-,48+,49+/m1/s1. The molecule has 0 bridgehead atoms. The monoisotopic (exact) mass is 820 g/mol. The number of ether oxygens (including phenoxy) is 10. The molecule has 11 nitrogen and oxygen atoms in total. The maximum atomic E-state index is 11.8.